The van der Waals surface area contributed by atoms with Crippen LogP contribution in [0.5, 0.6) is 0 Å². The van der Waals surface area contributed by atoms with Crippen LogP contribution in [-0.2, 0) is 4.74 Å². The minimum Gasteiger partial charge on any atom is -0.462 e. The summed E-state index contributed by atoms with van der Waals surface area (Å²) in [6, 6.07) is 5.28. The van der Waals surface area contributed by atoms with Gasteiger partial charge in [-0.25, -0.2) is 4.79 Å². The molecule has 2 aromatic rings. The van der Waals surface area contributed by atoms with Crippen molar-refractivity contribution < 1.29 is 9.53 Å². The fraction of sp³-hybridized carbons (Fsp3) is 0.167. The fourth-order valence-electron chi connectivity index (χ4n) is 1.59. The molecule has 18 heavy (non-hydrogen) atoms. The van der Waals surface area contributed by atoms with Crippen LogP contribution in [0.4, 0.5) is 0 Å². The van der Waals surface area contributed by atoms with Crippen LogP contribution in [0.3, 0.4) is 0 Å². The van der Waals surface area contributed by atoms with Crippen molar-refractivity contribution in [3.8, 4) is 0 Å². The van der Waals surface area contributed by atoms with Crippen molar-refractivity contribution in [1.29, 1.82) is 0 Å². The van der Waals surface area contributed by atoms with Gasteiger partial charge in [0.2, 0.25) is 0 Å². The zero-order valence-electron chi connectivity index (χ0n) is 9.42. The van der Waals surface area contributed by atoms with E-state index in [1.54, 1.807) is 19.1 Å². The number of esters is 1. The van der Waals surface area contributed by atoms with Gasteiger partial charge in [-0.1, -0.05) is 15.9 Å². The number of carbonyl (C=O) groups excluding carboxylic acids is 1. The third kappa shape index (κ3) is 2.59. The Bertz CT molecular complexity index is 681. The number of carbonyl (C=O) groups is 1. The molecule has 0 fully saturated rings. The van der Waals surface area contributed by atoms with Crippen LogP contribution in [0.25, 0.3) is 10.9 Å². The summed E-state index contributed by atoms with van der Waals surface area (Å²) in [6.45, 7) is 1.95. The van der Waals surface area contributed by atoms with E-state index >= 15 is 0 Å². The van der Waals surface area contributed by atoms with E-state index in [0.29, 0.717) is 5.52 Å². The van der Waals surface area contributed by atoms with Crippen molar-refractivity contribution >= 4 is 55.4 Å². The highest BCUT2D eigenvalue weighted by atomic mass is 127. The molecule has 0 atom stereocenters. The van der Waals surface area contributed by atoms with Crippen LogP contribution in [-0.4, -0.2) is 17.6 Å². The highest BCUT2D eigenvalue weighted by molar-refractivity contribution is 14.1. The summed E-state index contributed by atoms with van der Waals surface area (Å²) in [5, 5.41) is 0.821. The van der Waals surface area contributed by atoms with Crippen molar-refractivity contribution in [3.63, 3.8) is 0 Å². The van der Waals surface area contributed by atoms with Gasteiger partial charge in [0.15, 0.2) is 0 Å². The molecule has 0 aliphatic rings. The number of aromatic nitrogens is 1. The van der Waals surface area contributed by atoms with E-state index in [4.69, 9.17) is 4.74 Å². The standard InChI is InChI=1S/C12H9BrINO3/c1-2-18-12(17)8-5-7-9(14)3-6(13)4-10(7)15-11(8)16/h3-5H,2H2,1H3,(H,15,16). The molecule has 2 rings (SSSR count). The van der Waals surface area contributed by atoms with Crippen molar-refractivity contribution in [3.05, 3.63) is 42.2 Å². The Kier molecular flexibility index (Phi) is 4.06. The second-order valence-corrected chi connectivity index (χ2v) is 5.66. The molecule has 1 N–H and O–H groups in total. The zero-order valence-corrected chi connectivity index (χ0v) is 13.2. The van der Waals surface area contributed by atoms with Gasteiger partial charge < -0.3 is 9.72 Å². The van der Waals surface area contributed by atoms with Gasteiger partial charge in [-0.3, -0.25) is 4.79 Å². The summed E-state index contributed by atoms with van der Waals surface area (Å²) in [5.41, 5.74) is 0.284. The third-order valence-electron chi connectivity index (χ3n) is 2.37. The third-order valence-corrected chi connectivity index (χ3v) is 3.72. The molecule has 0 aliphatic carbocycles. The normalized spacial score (nSPS) is 10.6. The maximum atomic E-state index is 11.8. The molecule has 0 bridgehead atoms. The van der Waals surface area contributed by atoms with E-state index in [-0.39, 0.29) is 12.2 Å². The Hall–Kier alpha value is -0.890. The maximum Gasteiger partial charge on any atom is 0.343 e. The molecule has 0 unspecified atom stereocenters. The number of nitrogens with one attached hydrogen (secondary N) is 1. The summed E-state index contributed by atoms with van der Waals surface area (Å²) in [5.74, 6) is -0.598. The summed E-state index contributed by atoms with van der Waals surface area (Å²) >= 11 is 5.51. The van der Waals surface area contributed by atoms with Gasteiger partial charge in [0.1, 0.15) is 5.56 Å². The summed E-state index contributed by atoms with van der Waals surface area (Å²) in [6.07, 6.45) is 0. The largest absolute Gasteiger partial charge is 0.462 e. The predicted molar refractivity (Wildman–Crippen MR) is 80.9 cm³/mol. The molecule has 1 aromatic carbocycles. The number of H-pyrrole nitrogens is 1. The minimum absolute atomic E-state index is 0.0320. The number of pyridine rings is 1. The second-order valence-electron chi connectivity index (χ2n) is 3.58. The highest BCUT2D eigenvalue weighted by Crippen LogP contribution is 2.24. The van der Waals surface area contributed by atoms with Crippen LogP contribution < -0.4 is 5.56 Å². The van der Waals surface area contributed by atoms with Crippen molar-refractivity contribution in [2.75, 3.05) is 6.61 Å². The average molecular weight is 422 g/mol. The van der Waals surface area contributed by atoms with E-state index in [1.165, 1.54) is 0 Å². The topological polar surface area (TPSA) is 59.2 Å². The first-order chi connectivity index (χ1) is 8.52. The van der Waals surface area contributed by atoms with E-state index in [9.17, 15) is 9.59 Å². The van der Waals surface area contributed by atoms with E-state index in [0.717, 1.165) is 13.4 Å². The highest BCUT2D eigenvalue weighted by Gasteiger charge is 2.14. The molecule has 0 saturated heterocycles. The van der Waals surface area contributed by atoms with Crippen LogP contribution in [0, 0.1) is 3.57 Å². The first-order valence-electron chi connectivity index (χ1n) is 5.22. The van der Waals surface area contributed by atoms with Gasteiger partial charge in [0.25, 0.3) is 5.56 Å². The minimum atomic E-state index is -0.598. The molecule has 1 aromatic heterocycles. The number of rotatable bonds is 2. The van der Waals surface area contributed by atoms with E-state index in [2.05, 4.69) is 43.5 Å². The van der Waals surface area contributed by atoms with Crippen molar-refractivity contribution in [1.82, 2.24) is 4.98 Å². The van der Waals surface area contributed by atoms with Crippen molar-refractivity contribution in [2.24, 2.45) is 0 Å². The van der Waals surface area contributed by atoms with Crippen LogP contribution >= 0.6 is 38.5 Å². The summed E-state index contributed by atoms with van der Waals surface area (Å²) in [4.78, 5) is 26.1. The number of hydrogen-bond acceptors (Lipinski definition) is 3. The monoisotopic (exact) mass is 421 g/mol. The molecule has 0 aliphatic heterocycles. The van der Waals surface area contributed by atoms with Gasteiger partial charge in [-0.2, -0.15) is 0 Å². The van der Waals surface area contributed by atoms with Gasteiger partial charge in [0, 0.05) is 13.4 Å². The summed E-state index contributed by atoms with van der Waals surface area (Å²) < 4.78 is 6.67. The SMILES string of the molecule is CCOC(=O)c1cc2c(I)cc(Br)cc2[nH]c1=O. The van der Waals surface area contributed by atoms with Gasteiger partial charge in [-0.05, 0) is 47.7 Å². The molecule has 94 valence electrons. The molecule has 0 saturated carbocycles. The molecule has 0 spiro atoms. The molecule has 0 amide bonds. The smallest absolute Gasteiger partial charge is 0.343 e. The molecule has 4 nitrogen and oxygen atoms in total. The lowest BCUT2D eigenvalue weighted by atomic mass is 10.1. The average Bonchev–Trinajstić information content (AvgIpc) is 2.27. The Balaban J connectivity index is 2.69. The second kappa shape index (κ2) is 5.40. The van der Waals surface area contributed by atoms with Crippen molar-refractivity contribution in [2.45, 2.75) is 6.92 Å². The van der Waals surface area contributed by atoms with E-state index < -0.39 is 11.5 Å². The number of ether oxygens (including phenoxy) is 1. The molecule has 6 heteroatoms. The van der Waals surface area contributed by atoms with Crippen LogP contribution in [0.2, 0.25) is 0 Å². The zero-order chi connectivity index (χ0) is 13.3. The molecular formula is C12H9BrINO3. The first kappa shape index (κ1) is 13.5. The van der Waals surface area contributed by atoms with Gasteiger partial charge in [-0.15, -0.1) is 0 Å². The number of benzene rings is 1. The Labute approximate surface area is 125 Å². The molecule has 0 radical (unpaired) electrons. The van der Waals surface area contributed by atoms with Gasteiger partial charge in [0.05, 0.1) is 12.1 Å². The molecule has 1 heterocycles. The quantitative estimate of drug-likeness (QED) is 0.598. The van der Waals surface area contributed by atoms with Crippen LogP contribution in [0.1, 0.15) is 17.3 Å². The maximum absolute atomic E-state index is 11.8. The lowest BCUT2D eigenvalue weighted by molar-refractivity contribution is 0.0524. The number of halogens is 2. The summed E-state index contributed by atoms with van der Waals surface area (Å²) in [7, 11) is 0. The Morgan fingerprint density at radius 1 is 1.44 bits per heavy atom. The number of aromatic amines is 1. The van der Waals surface area contributed by atoms with Gasteiger partial charge >= 0.3 is 5.97 Å². The lowest BCUT2D eigenvalue weighted by Crippen LogP contribution is -2.19. The lowest BCUT2D eigenvalue weighted by Gasteiger charge is -2.05. The Morgan fingerprint density at radius 2 is 2.17 bits per heavy atom. The fourth-order valence-corrected chi connectivity index (χ4v) is 3.26. The van der Waals surface area contributed by atoms with E-state index in [1.807, 2.05) is 6.07 Å². The number of hydrogen-bond donors (Lipinski definition) is 1. The predicted octanol–water partition coefficient (Wildman–Crippen LogP) is 3.07. The first-order valence-corrected chi connectivity index (χ1v) is 7.09. The number of fused-ring (bicyclic) bond motifs is 1. The molecular weight excluding hydrogens is 413 g/mol. The van der Waals surface area contributed by atoms with Crippen LogP contribution in [0.15, 0.2) is 27.5 Å². The Morgan fingerprint density at radius 3 is 2.83 bits per heavy atom.